The number of hydrogen-bond acceptors (Lipinski definition) is 12. The van der Waals surface area contributed by atoms with Crippen LogP contribution in [0.4, 0.5) is 0 Å². The van der Waals surface area contributed by atoms with Crippen LogP contribution in [0.5, 0.6) is 34.5 Å². The Morgan fingerprint density at radius 2 is 0.333 bits per heavy atom. The molecule has 84 heavy (non-hydrogen) atoms. The quantitative estimate of drug-likeness (QED) is 0.0663. The minimum atomic E-state index is -1.12. The Balaban J connectivity index is 1.11. The minimum absolute atomic E-state index is 0.0491. The van der Waals surface area contributed by atoms with E-state index in [2.05, 4.69) is 0 Å². The first-order valence-corrected chi connectivity index (χ1v) is 25.9. The molecule has 0 saturated carbocycles. The largest absolute Gasteiger partial charge is 0.486 e. The lowest BCUT2D eigenvalue weighted by molar-refractivity contribution is 0.0686. The van der Waals surface area contributed by atoms with Crippen molar-refractivity contribution in [3.05, 3.63) is 215 Å². The molecule has 0 atom stereocenters. The monoisotopic (exact) mass is 1130 g/mol. The average Bonchev–Trinajstić information content (AvgIpc) is 3.63. The number of rotatable bonds is 12. The van der Waals surface area contributed by atoms with Crippen LogP contribution in [0, 0.1) is 0 Å². The zero-order chi connectivity index (χ0) is 59.0. The van der Waals surface area contributed by atoms with Gasteiger partial charge in [0.15, 0.2) is 34.5 Å². The molecule has 1 heterocycles. The van der Waals surface area contributed by atoms with Crippen LogP contribution in [0.15, 0.2) is 182 Å². The second kappa shape index (κ2) is 24.5. The molecule has 0 aromatic heterocycles. The number of benzene rings is 9. The topological polar surface area (TPSA) is 279 Å². The number of hydrogen-bond donors (Lipinski definition) is 6. The molecule has 0 amide bonds. The Labute approximate surface area is 478 Å². The van der Waals surface area contributed by atoms with Crippen LogP contribution in [-0.4, -0.2) is 106 Å². The molecule has 0 saturated heterocycles. The predicted octanol–water partition coefficient (Wildman–Crippen LogP) is 12.6. The summed E-state index contributed by atoms with van der Waals surface area (Å²) in [5.41, 5.74) is 7.27. The molecule has 0 unspecified atom stereocenters. The van der Waals surface area contributed by atoms with Crippen molar-refractivity contribution in [1.29, 1.82) is 0 Å². The maximum absolute atomic E-state index is 11.9. The highest BCUT2D eigenvalue weighted by Crippen LogP contribution is 2.45. The molecule has 18 nitrogen and oxygen atoms in total. The second-order valence-electron chi connectivity index (χ2n) is 18.9. The van der Waals surface area contributed by atoms with Gasteiger partial charge in [-0.3, -0.25) is 0 Å². The van der Waals surface area contributed by atoms with Gasteiger partial charge in [0, 0.05) is 0 Å². The fourth-order valence-corrected chi connectivity index (χ4v) is 9.45. The Morgan fingerprint density at radius 3 is 0.440 bits per heavy atom. The SMILES string of the molecule is O=C(O)c1ccc(-c2cc3c(cc2-c2ccc(C(=O)O)cc2)OCCOc2cc(-c4ccc(C(=O)O)cc4)c(-c4ccc(C(=O)O)cc4)cc2OCCOc2cc(-c4ccc(C(=O)O)cc4)c(-c4ccc(C(=O)O)cc4)cc2OCCO3)cc1. The van der Waals surface area contributed by atoms with E-state index >= 15 is 0 Å². The Bertz CT molecular complexity index is 3310. The van der Waals surface area contributed by atoms with E-state index in [4.69, 9.17) is 28.4 Å². The molecule has 1 aliphatic rings. The van der Waals surface area contributed by atoms with E-state index in [0.717, 1.165) is 0 Å². The maximum Gasteiger partial charge on any atom is 0.335 e. The van der Waals surface area contributed by atoms with Crippen LogP contribution in [0.3, 0.4) is 0 Å². The number of fused-ring (bicyclic) bond motifs is 3. The summed E-state index contributed by atoms with van der Waals surface area (Å²) in [6.45, 7) is -0.551. The zero-order valence-electron chi connectivity index (χ0n) is 44.1. The minimum Gasteiger partial charge on any atom is -0.486 e. The normalized spacial score (nSPS) is 12.4. The molecular weight excluding hydrogens is 1080 g/mol. The molecule has 420 valence electrons. The Morgan fingerprint density at radius 1 is 0.214 bits per heavy atom. The Hall–Kier alpha value is -11.4. The van der Waals surface area contributed by atoms with Gasteiger partial charge < -0.3 is 59.1 Å². The van der Waals surface area contributed by atoms with Gasteiger partial charge >= 0.3 is 35.8 Å². The van der Waals surface area contributed by atoms with E-state index in [1.165, 1.54) is 72.8 Å². The average molecular weight is 1130 g/mol. The second-order valence-corrected chi connectivity index (χ2v) is 18.9. The molecule has 0 aliphatic carbocycles. The number of aromatic carboxylic acids is 6. The van der Waals surface area contributed by atoms with Crippen molar-refractivity contribution in [1.82, 2.24) is 0 Å². The molecule has 0 bridgehead atoms. The molecule has 10 rings (SSSR count). The van der Waals surface area contributed by atoms with Crippen molar-refractivity contribution in [2.45, 2.75) is 0 Å². The lowest BCUT2D eigenvalue weighted by Gasteiger charge is -2.21. The molecule has 6 N–H and O–H groups in total. The van der Waals surface area contributed by atoms with Crippen molar-refractivity contribution < 1.29 is 87.8 Å². The van der Waals surface area contributed by atoms with E-state index in [0.29, 0.717) is 66.8 Å². The van der Waals surface area contributed by atoms with Crippen LogP contribution in [0.2, 0.25) is 0 Å². The molecule has 1 aliphatic heterocycles. The highest BCUT2D eigenvalue weighted by molar-refractivity contribution is 5.95. The highest BCUT2D eigenvalue weighted by atomic mass is 16.6. The fourth-order valence-electron chi connectivity index (χ4n) is 9.45. The summed E-state index contributed by atoms with van der Waals surface area (Å²) in [7, 11) is 0. The summed E-state index contributed by atoms with van der Waals surface area (Å²) in [6.07, 6.45) is 0. The predicted molar refractivity (Wildman–Crippen MR) is 307 cm³/mol. The van der Waals surface area contributed by atoms with Crippen LogP contribution in [-0.2, 0) is 0 Å². The molecule has 9 aromatic carbocycles. The van der Waals surface area contributed by atoms with E-state index in [1.807, 2.05) is 0 Å². The van der Waals surface area contributed by atoms with Gasteiger partial charge in [0.25, 0.3) is 0 Å². The van der Waals surface area contributed by atoms with Gasteiger partial charge in [-0.1, -0.05) is 72.8 Å². The fraction of sp³-hybridized carbons (Fsp3) is 0.0909. The summed E-state index contributed by atoms with van der Waals surface area (Å²) in [5.74, 6) is -5.37. The molecular formula is C66H48O18. The van der Waals surface area contributed by atoms with E-state index in [1.54, 1.807) is 109 Å². The van der Waals surface area contributed by atoms with E-state index in [-0.39, 0.29) is 108 Å². The van der Waals surface area contributed by atoms with Crippen molar-refractivity contribution in [3.63, 3.8) is 0 Å². The first-order chi connectivity index (χ1) is 40.6. The number of carboxylic acids is 6. The molecule has 18 heteroatoms. The van der Waals surface area contributed by atoms with Crippen LogP contribution in [0.1, 0.15) is 62.1 Å². The first kappa shape index (κ1) is 55.9. The van der Waals surface area contributed by atoms with Crippen LogP contribution in [0.25, 0.3) is 66.8 Å². The van der Waals surface area contributed by atoms with Crippen molar-refractivity contribution >= 4 is 35.8 Å². The van der Waals surface area contributed by atoms with E-state index < -0.39 is 35.8 Å². The molecule has 0 spiro atoms. The molecule has 9 aromatic rings. The van der Waals surface area contributed by atoms with Crippen LogP contribution < -0.4 is 28.4 Å². The maximum atomic E-state index is 11.9. The molecule has 0 radical (unpaired) electrons. The first-order valence-electron chi connectivity index (χ1n) is 25.9. The highest BCUT2D eigenvalue weighted by Gasteiger charge is 2.23. The summed E-state index contributed by atoms with van der Waals surface area (Å²) >= 11 is 0. The van der Waals surface area contributed by atoms with Gasteiger partial charge in [0.1, 0.15) is 39.6 Å². The number of ether oxygens (including phenoxy) is 6. The van der Waals surface area contributed by atoms with Gasteiger partial charge in [-0.15, -0.1) is 0 Å². The van der Waals surface area contributed by atoms with E-state index in [9.17, 15) is 59.4 Å². The lowest BCUT2D eigenvalue weighted by Crippen LogP contribution is -2.15. The van der Waals surface area contributed by atoms with Gasteiger partial charge in [-0.2, -0.15) is 0 Å². The summed E-state index contributed by atoms with van der Waals surface area (Å²) in [6, 6.07) is 47.5. The summed E-state index contributed by atoms with van der Waals surface area (Å²) < 4.78 is 39.1. The molecule has 0 fully saturated rings. The smallest absolute Gasteiger partial charge is 0.335 e. The third kappa shape index (κ3) is 12.5. The zero-order valence-corrected chi connectivity index (χ0v) is 44.1. The number of carboxylic acid groups (broad SMARTS) is 6. The summed E-state index contributed by atoms with van der Waals surface area (Å²) in [5, 5.41) is 58.5. The van der Waals surface area contributed by atoms with Crippen LogP contribution >= 0.6 is 0 Å². The van der Waals surface area contributed by atoms with Gasteiger partial charge in [0.05, 0.1) is 33.4 Å². The van der Waals surface area contributed by atoms with Gasteiger partial charge in [-0.25, -0.2) is 28.8 Å². The summed E-state index contributed by atoms with van der Waals surface area (Å²) in [4.78, 5) is 71.6. The third-order valence-corrected chi connectivity index (χ3v) is 13.7. The number of carbonyl (C=O) groups is 6. The lowest BCUT2D eigenvalue weighted by atomic mass is 9.92. The van der Waals surface area contributed by atoms with Gasteiger partial charge in [0.2, 0.25) is 0 Å². The van der Waals surface area contributed by atoms with Crippen molar-refractivity contribution in [3.8, 4) is 101 Å². The standard InChI is InChI=1S/C66H48O18/c67-61(68)43-13-1-37(2-14-43)49-31-55-56(32-50(49)38-3-15-44(16-4-38)62(69)70)80-27-28-82-59-35-53(41-9-21-47(22-10-41)65(75)76)54(42-11-23-48(24-12-42)66(77)78)36-60(59)84-30-29-83-58-34-52(40-7-19-46(20-8-40)64(73)74)51(33-57(58)81-26-25-79-55)39-5-17-45(18-6-39)63(71)72/h1-24,31-36H,25-30H2,(H,67,68)(H,69,70)(H,71,72)(H,73,74)(H,75,76)(H,77,78). The Kier molecular flexibility index (Phi) is 16.3. The third-order valence-electron chi connectivity index (χ3n) is 13.7. The van der Waals surface area contributed by atoms with Gasteiger partial charge in [-0.05, 0) is 176 Å². The van der Waals surface area contributed by atoms with Crippen molar-refractivity contribution in [2.24, 2.45) is 0 Å². The van der Waals surface area contributed by atoms with Crippen molar-refractivity contribution in [2.75, 3.05) is 39.6 Å².